The van der Waals surface area contributed by atoms with E-state index in [1.54, 1.807) is 0 Å². The van der Waals surface area contributed by atoms with Crippen LogP contribution in [-0.2, 0) is 6.54 Å². The Hall–Kier alpha value is -0.830. The Morgan fingerprint density at radius 3 is 2.80 bits per heavy atom. The predicted molar refractivity (Wildman–Crippen MR) is 39.2 cm³/mol. The number of quaternary nitrogens is 1. The summed E-state index contributed by atoms with van der Waals surface area (Å²) in [6.07, 6.45) is 1.98. The third kappa shape index (κ3) is 1.36. The maximum absolute atomic E-state index is 4.28. The highest BCUT2D eigenvalue weighted by atomic mass is 15.3. The molecule has 1 atom stereocenters. The van der Waals surface area contributed by atoms with Gasteiger partial charge in [0.25, 0.3) is 0 Å². The maximum atomic E-state index is 4.28. The molecule has 56 valence electrons. The second-order valence-electron chi connectivity index (χ2n) is 2.50. The van der Waals surface area contributed by atoms with Gasteiger partial charge in [-0.15, -0.1) is 0 Å². The van der Waals surface area contributed by atoms with Gasteiger partial charge in [0.05, 0.1) is 0 Å². The van der Waals surface area contributed by atoms with Gasteiger partial charge in [-0.25, -0.2) is 0 Å². The van der Waals surface area contributed by atoms with Crippen LogP contribution in [0.1, 0.15) is 25.6 Å². The average molecular weight is 140 g/mol. The molecule has 0 aliphatic carbocycles. The smallest absolute Gasteiger partial charge is 0.126 e. The Bertz CT molecular complexity index is 202. The second-order valence-corrected chi connectivity index (χ2v) is 2.50. The minimum atomic E-state index is 0.299. The van der Waals surface area contributed by atoms with E-state index in [4.69, 9.17) is 0 Å². The first-order chi connectivity index (χ1) is 4.74. The monoisotopic (exact) mass is 140 g/mol. The molecule has 3 nitrogen and oxygen atoms in total. The van der Waals surface area contributed by atoms with Crippen molar-refractivity contribution in [1.82, 2.24) is 9.78 Å². The van der Waals surface area contributed by atoms with Crippen molar-refractivity contribution in [2.45, 2.75) is 26.4 Å². The van der Waals surface area contributed by atoms with Crippen LogP contribution in [0.15, 0.2) is 12.3 Å². The normalized spacial score (nSPS) is 13.5. The molecular weight excluding hydrogens is 126 g/mol. The van der Waals surface area contributed by atoms with E-state index in [0.29, 0.717) is 6.04 Å². The minimum absolute atomic E-state index is 0.299. The van der Waals surface area contributed by atoms with Gasteiger partial charge in [-0.3, -0.25) is 4.68 Å². The van der Waals surface area contributed by atoms with Gasteiger partial charge in [-0.05, 0) is 19.9 Å². The molecule has 0 bridgehead atoms. The molecule has 0 fully saturated rings. The zero-order valence-electron chi connectivity index (χ0n) is 6.54. The molecular formula is C7H14N3+. The summed E-state index contributed by atoms with van der Waals surface area (Å²) in [4.78, 5) is 0. The summed E-state index contributed by atoms with van der Waals surface area (Å²) in [6, 6.07) is 2.31. The van der Waals surface area contributed by atoms with Crippen LogP contribution in [0.25, 0.3) is 0 Å². The highest BCUT2D eigenvalue weighted by Crippen LogP contribution is 2.02. The second kappa shape index (κ2) is 2.84. The van der Waals surface area contributed by atoms with Crippen molar-refractivity contribution in [2.24, 2.45) is 0 Å². The molecule has 3 heteroatoms. The molecule has 1 aromatic heterocycles. The van der Waals surface area contributed by atoms with Crippen molar-refractivity contribution in [2.75, 3.05) is 0 Å². The largest absolute Gasteiger partial charge is 0.350 e. The molecule has 1 rings (SSSR count). The summed E-state index contributed by atoms with van der Waals surface area (Å²) in [5, 5.41) is 4.28. The van der Waals surface area contributed by atoms with Gasteiger partial charge in [0.2, 0.25) is 0 Å². The zero-order valence-corrected chi connectivity index (χ0v) is 6.54. The molecule has 1 aromatic rings. The molecule has 0 aromatic carbocycles. The summed E-state index contributed by atoms with van der Waals surface area (Å²) >= 11 is 0. The van der Waals surface area contributed by atoms with Gasteiger partial charge in [-0.1, -0.05) is 0 Å². The molecule has 1 heterocycles. The first-order valence-electron chi connectivity index (χ1n) is 3.60. The fourth-order valence-electron chi connectivity index (χ4n) is 0.816. The Morgan fingerprint density at radius 1 is 1.80 bits per heavy atom. The molecule has 10 heavy (non-hydrogen) atoms. The third-order valence-electron chi connectivity index (χ3n) is 1.49. The van der Waals surface area contributed by atoms with E-state index < -0.39 is 0 Å². The van der Waals surface area contributed by atoms with E-state index in [2.05, 4.69) is 17.8 Å². The molecule has 0 saturated carbocycles. The lowest BCUT2D eigenvalue weighted by atomic mass is 10.3. The van der Waals surface area contributed by atoms with Gasteiger partial charge in [0.1, 0.15) is 11.7 Å². The first-order valence-corrected chi connectivity index (χ1v) is 3.60. The Kier molecular flexibility index (Phi) is 2.06. The number of aryl methyl sites for hydroxylation is 1. The summed E-state index contributed by atoms with van der Waals surface area (Å²) in [7, 11) is 0. The van der Waals surface area contributed by atoms with Crippen molar-refractivity contribution >= 4 is 0 Å². The van der Waals surface area contributed by atoms with E-state index in [-0.39, 0.29) is 0 Å². The van der Waals surface area contributed by atoms with Crippen LogP contribution in [0.4, 0.5) is 0 Å². The van der Waals surface area contributed by atoms with Crippen LogP contribution < -0.4 is 5.73 Å². The van der Waals surface area contributed by atoms with Crippen LogP contribution in [0.2, 0.25) is 0 Å². The standard InChI is InChI=1S/C7H13N3/c1-3-10-5-4-7(9-10)6(2)8/h4-6H,3,8H2,1-2H3/p+1/t6-/m0/s1. The fraction of sp³-hybridized carbons (Fsp3) is 0.571. The van der Waals surface area contributed by atoms with Gasteiger partial charge in [0, 0.05) is 12.7 Å². The average Bonchev–Trinajstić information content (AvgIpc) is 2.34. The molecule has 0 unspecified atom stereocenters. The molecule has 0 spiro atoms. The first kappa shape index (κ1) is 7.28. The van der Waals surface area contributed by atoms with Gasteiger partial charge in [-0.2, -0.15) is 5.10 Å². The van der Waals surface area contributed by atoms with Crippen molar-refractivity contribution < 1.29 is 5.73 Å². The number of rotatable bonds is 2. The Labute approximate surface area is 60.8 Å². The molecule has 0 radical (unpaired) electrons. The van der Waals surface area contributed by atoms with E-state index in [9.17, 15) is 0 Å². The topological polar surface area (TPSA) is 45.5 Å². The summed E-state index contributed by atoms with van der Waals surface area (Å²) < 4.78 is 1.91. The molecule has 0 saturated heterocycles. The quantitative estimate of drug-likeness (QED) is 0.627. The maximum Gasteiger partial charge on any atom is 0.126 e. The molecule has 0 aliphatic heterocycles. The Morgan fingerprint density at radius 2 is 2.50 bits per heavy atom. The molecule has 0 aliphatic rings. The van der Waals surface area contributed by atoms with Crippen LogP contribution in [0.3, 0.4) is 0 Å². The minimum Gasteiger partial charge on any atom is -0.350 e. The predicted octanol–water partition coefficient (Wildman–Crippen LogP) is 0.206. The van der Waals surface area contributed by atoms with Gasteiger partial charge in [0.15, 0.2) is 0 Å². The molecule has 0 amide bonds. The van der Waals surface area contributed by atoms with Crippen molar-refractivity contribution in [3.05, 3.63) is 18.0 Å². The van der Waals surface area contributed by atoms with Crippen LogP contribution in [0.5, 0.6) is 0 Å². The van der Waals surface area contributed by atoms with E-state index in [1.165, 1.54) is 0 Å². The van der Waals surface area contributed by atoms with Crippen LogP contribution >= 0.6 is 0 Å². The number of hydrogen-bond acceptors (Lipinski definition) is 1. The summed E-state index contributed by atoms with van der Waals surface area (Å²) in [5.41, 5.74) is 4.95. The summed E-state index contributed by atoms with van der Waals surface area (Å²) in [6.45, 7) is 5.06. The zero-order chi connectivity index (χ0) is 7.56. The van der Waals surface area contributed by atoms with Crippen molar-refractivity contribution in [3.8, 4) is 0 Å². The van der Waals surface area contributed by atoms with Gasteiger partial charge < -0.3 is 5.73 Å². The fourth-order valence-corrected chi connectivity index (χ4v) is 0.816. The van der Waals surface area contributed by atoms with Crippen LogP contribution in [-0.4, -0.2) is 9.78 Å². The number of nitrogens with zero attached hydrogens (tertiary/aromatic N) is 2. The lowest BCUT2D eigenvalue weighted by Crippen LogP contribution is -2.52. The van der Waals surface area contributed by atoms with Crippen molar-refractivity contribution in [1.29, 1.82) is 0 Å². The molecule has 3 N–H and O–H groups in total. The van der Waals surface area contributed by atoms with E-state index >= 15 is 0 Å². The van der Waals surface area contributed by atoms with Crippen molar-refractivity contribution in [3.63, 3.8) is 0 Å². The van der Waals surface area contributed by atoms with Crippen LogP contribution in [0, 0.1) is 0 Å². The highest BCUT2D eigenvalue weighted by Gasteiger charge is 2.04. The SMILES string of the molecule is CCn1ccc([C@H](C)[NH3+])n1. The lowest BCUT2D eigenvalue weighted by Gasteiger charge is -1.95. The van der Waals surface area contributed by atoms with Gasteiger partial charge >= 0.3 is 0 Å². The number of hydrogen-bond donors (Lipinski definition) is 1. The highest BCUT2D eigenvalue weighted by molar-refractivity contribution is 5.00. The van der Waals surface area contributed by atoms with E-state index in [1.807, 2.05) is 23.9 Å². The number of aromatic nitrogens is 2. The lowest BCUT2D eigenvalue weighted by molar-refractivity contribution is -0.421. The van der Waals surface area contributed by atoms with E-state index in [0.717, 1.165) is 12.2 Å². The summed E-state index contributed by atoms with van der Waals surface area (Å²) in [5.74, 6) is 0. The third-order valence-corrected chi connectivity index (χ3v) is 1.49. The Balaban J connectivity index is 2.78.